The molecule has 0 aliphatic heterocycles. The third-order valence-corrected chi connectivity index (χ3v) is 5.14. The Balaban J connectivity index is 1.62. The molecule has 3 nitrogen and oxygen atoms in total. The summed E-state index contributed by atoms with van der Waals surface area (Å²) in [5, 5.41) is 3.33. The minimum Gasteiger partial charge on any atom is -0.482 e. The molecule has 24 heavy (non-hydrogen) atoms. The predicted octanol–water partition coefficient (Wildman–Crippen LogP) is 4.84. The summed E-state index contributed by atoms with van der Waals surface area (Å²) in [4.78, 5) is 11.8. The number of nitrogens with one attached hydrogen (secondary N) is 1. The number of rotatable bonds is 8. The molecule has 0 heterocycles. The smallest absolute Gasteiger partial charge is 0.257 e. The Kier molecular flexibility index (Phi) is 7.95. The van der Waals surface area contributed by atoms with E-state index in [0.29, 0.717) is 17.3 Å². The van der Waals surface area contributed by atoms with Crippen LogP contribution in [0.3, 0.4) is 0 Å². The number of benzene rings is 2. The van der Waals surface area contributed by atoms with E-state index in [-0.39, 0.29) is 12.5 Å². The topological polar surface area (TPSA) is 38.3 Å². The van der Waals surface area contributed by atoms with Gasteiger partial charge in [0.15, 0.2) is 6.61 Å². The molecule has 0 atom stereocenters. The van der Waals surface area contributed by atoms with E-state index in [1.165, 1.54) is 11.1 Å². The van der Waals surface area contributed by atoms with Gasteiger partial charge in [-0.3, -0.25) is 4.79 Å². The van der Waals surface area contributed by atoms with Crippen molar-refractivity contribution in [2.75, 3.05) is 18.9 Å². The van der Waals surface area contributed by atoms with Crippen LogP contribution in [0.4, 0.5) is 0 Å². The summed E-state index contributed by atoms with van der Waals surface area (Å²) in [6, 6.07) is 13.6. The molecule has 0 unspecified atom stereocenters. The highest BCUT2D eigenvalue weighted by Gasteiger charge is 2.06. The number of thioether (sulfide) groups is 1. The summed E-state index contributed by atoms with van der Waals surface area (Å²) in [5.41, 5.74) is 2.64. The van der Waals surface area contributed by atoms with Crippen molar-refractivity contribution in [3.8, 4) is 5.75 Å². The molecule has 0 bridgehead atoms. The van der Waals surface area contributed by atoms with Crippen molar-refractivity contribution in [2.24, 2.45) is 0 Å². The Bertz CT molecular complexity index is 696. The lowest BCUT2D eigenvalue weighted by Gasteiger charge is -2.09. The first-order valence-electron chi connectivity index (χ1n) is 7.53. The average Bonchev–Trinajstić information content (AvgIpc) is 2.55. The summed E-state index contributed by atoms with van der Waals surface area (Å²) in [5.74, 6) is 2.17. The molecule has 1 N–H and O–H groups in total. The fraction of sp³-hybridized carbons (Fsp3) is 0.278. The number of hydrogen-bond acceptors (Lipinski definition) is 3. The van der Waals surface area contributed by atoms with E-state index in [9.17, 15) is 4.79 Å². The summed E-state index contributed by atoms with van der Waals surface area (Å²) < 4.78 is 6.29. The molecule has 2 aromatic carbocycles. The van der Waals surface area contributed by atoms with Gasteiger partial charge in [0, 0.05) is 22.5 Å². The minimum atomic E-state index is -0.148. The Hall–Kier alpha value is -1.17. The number of halogens is 2. The standard InChI is InChI=1S/C18H19BrClNO2S/c1-13-4-2-3-5-14(13)12-24-9-8-21-18(22)11-23-17-7-6-15(19)10-16(17)20/h2-7,10H,8-9,11-12H2,1H3,(H,21,22). The van der Waals surface area contributed by atoms with Gasteiger partial charge in [-0.2, -0.15) is 11.8 Å². The van der Waals surface area contributed by atoms with Crippen molar-refractivity contribution >= 4 is 45.2 Å². The molecular weight excluding hydrogens is 410 g/mol. The molecule has 0 aromatic heterocycles. The van der Waals surface area contributed by atoms with E-state index in [4.69, 9.17) is 16.3 Å². The van der Waals surface area contributed by atoms with Crippen LogP contribution in [-0.4, -0.2) is 24.8 Å². The lowest BCUT2D eigenvalue weighted by atomic mass is 10.1. The zero-order chi connectivity index (χ0) is 17.4. The Morgan fingerprint density at radius 2 is 2.08 bits per heavy atom. The largest absolute Gasteiger partial charge is 0.482 e. The van der Waals surface area contributed by atoms with Crippen molar-refractivity contribution in [3.05, 3.63) is 63.1 Å². The van der Waals surface area contributed by atoms with Crippen LogP contribution in [0.2, 0.25) is 5.02 Å². The highest BCUT2D eigenvalue weighted by atomic mass is 79.9. The van der Waals surface area contributed by atoms with E-state index in [1.807, 2.05) is 12.1 Å². The van der Waals surface area contributed by atoms with Crippen LogP contribution < -0.4 is 10.1 Å². The zero-order valence-electron chi connectivity index (χ0n) is 13.4. The van der Waals surface area contributed by atoms with E-state index in [0.717, 1.165) is 16.0 Å². The van der Waals surface area contributed by atoms with Crippen molar-refractivity contribution in [3.63, 3.8) is 0 Å². The zero-order valence-corrected chi connectivity index (χ0v) is 16.5. The Labute approximate surface area is 160 Å². The van der Waals surface area contributed by atoms with Gasteiger partial charge in [0.1, 0.15) is 5.75 Å². The number of aryl methyl sites for hydroxylation is 1. The molecule has 6 heteroatoms. The average molecular weight is 429 g/mol. The number of hydrogen-bond donors (Lipinski definition) is 1. The van der Waals surface area contributed by atoms with Gasteiger partial charge >= 0.3 is 0 Å². The molecule has 0 saturated heterocycles. The van der Waals surface area contributed by atoms with E-state index in [1.54, 1.807) is 23.9 Å². The van der Waals surface area contributed by atoms with Gasteiger partial charge in [-0.25, -0.2) is 0 Å². The van der Waals surface area contributed by atoms with Gasteiger partial charge in [-0.05, 0) is 36.2 Å². The highest BCUT2D eigenvalue weighted by Crippen LogP contribution is 2.27. The number of carbonyl (C=O) groups excluding carboxylic acids is 1. The molecule has 0 fully saturated rings. The third kappa shape index (κ3) is 6.38. The first-order valence-corrected chi connectivity index (χ1v) is 9.85. The van der Waals surface area contributed by atoms with Crippen LogP contribution in [0.1, 0.15) is 11.1 Å². The van der Waals surface area contributed by atoms with E-state index < -0.39 is 0 Å². The fourth-order valence-corrected chi connectivity index (χ4v) is 3.67. The summed E-state index contributed by atoms with van der Waals surface area (Å²) >= 11 is 11.2. The second-order valence-electron chi connectivity index (χ2n) is 5.19. The van der Waals surface area contributed by atoms with Crippen LogP contribution in [0.15, 0.2) is 46.9 Å². The summed E-state index contributed by atoms with van der Waals surface area (Å²) in [7, 11) is 0. The predicted molar refractivity (Wildman–Crippen MR) is 105 cm³/mol. The fourth-order valence-electron chi connectivity index (χ4n) is 2.00. The van der Waals surface area contributed by atoms with Crippen molar-refractivity contribution < 1.29 is 9.53 Å². The van der Waals surface area contributed by atoms with Crippen molar-refractivity contribution in [1.29, 1.82) is 0 Å². The lowest BCUT2D eigenvalue weighted by Crippen LogP contribution is -2.30. The minimum absolute atomic E-state index is 0.0379. The van der Waals surface area contributed by atoms with E-state index in [2.05, 4.69) is 46.4 Å². The second-order valence-corrected chi connectivity index (χ2v) is 7.62. The van der Waals surface area contributed by atoms with Crippen LogP contribution in [0, 0.1) is 6.92 Å². The van der Waals surface area contributed by atoms with Crippen LogP contribution in [0.5, 0.6) is 5.75 Å². The van der Waals surface area contributed by atoms with Crippen molar-refractivity contribution in [1.82, 2.24) is 5.32 Å². The van der Waals surface area contributed by atoms with Crippen LogP contribution in [0.25, 0.3) is 0 Å². The molecule has 0 radical (unpaired) electrons. The second kappa shape index (κ2) is 9.97. The van der Waals surface area contributed by atoms with Gasteiger partial charge in [-0.15, -0.1) is 0 Å². The van der Waals surface area contributed by atoms with Gasteiger partial charge in [-0.1, -0.05) is 51.8 Å². The molecule has 0 aliphatic rings. The maximum Gasteiger partial charge on any atom is 0.257 e. The third-order valence-electron chi connectivity index (χ3n) is 3.34. The molecule has 0 saturated carbocycles. The highest BCUT2D eigenvalue weighted by molar-refractivity contribution is 9.10. The molecule has 128 valence electrons. The van der Waals surface area contributed by atoms with Gasteiger partial charge < -0.3 is 10.1 Å². The number of ether oxygens (including phenoxy) is 1. The maximum absolute atomic E-state index is 11.8. The molecule has 2 aromatic rings. The van der Waals surface area contributed by atoms with Crippen LogP contribution in [-0.2, 0) is 10.5 Å². The normalized spacial score (nSPS) is 10.5. The molecule has 0 spiro atoms. The number of carbonyl (C=O) groups is 1. The first kappa shape index (κ1) is 19.2. The summed E-state index contributed by atoms with van der Waals surface area (Å²) in [6.45, 7) is 2.69. The molecule has 1 amide bonds. The first-order chi connectivity index (χ1) is 11.6. The lowest BCUT2D eigenvalue weighted by molar-refractivity contribution is -0.122. The molecular formula is C18H19BrClNO2S. The number of amides is 1. The Morgan fingerprint density at radius 3 is 2.83 bits per heavy atom. The Morgan fingerprint density at radius 1 is 1.29 bits per heavy atom. The van der Waals surface area contributed by atoms with Gasteiger partial charge in [0.05, 0.1) is 5.02 Å². The quantitative estimate of drug-likeness (QED) is 0.611. The monoisotopic (exact) mass is 427 g/mol. The van der Waals surface area contributed by atoms with E-state index >= 15 is 0 Å². The molecule has 2 rings (SSSR count). The SMILES string of the molecule is Cc1ccccc1CSCCNC(=O)COc1ccc(Br)cc1Cl. The van der Waals surface area contributed by atoms with Gasteiger partial charge in [0.2, 0.25) is 0 Å². The van der Waals surface area contributed by atoms with Crippen molar-refractivity contribution in [2.45, 2.75) is 12.7 Å². The van der Waals surface area contributed by atoms with Gasteiger partial charge in [0.25, 0.3) is 5.91 Å². The van der Waals surface area contributed by atoms with Crippen LogP contribution >= 0.6 is 39.3 Å². The maximum atomic E-state index is 11.8. The molecule has 0 aliphatic carbocycles. The summed E-state index contributed by atoms with van der Waals surface area (Å²) in [6.07, 6.45) is 0.